The molecular weight excluding hydrogens is 396 g/mol. The summed E-state index contributed by atoms with van der Waals surface area (Å²) in [6, 6.07) is 16.5. The average Bonchev–Trinajstić information content (AvgIpc) is 3.22. The second-order valence-corrected chi connectivity index (χ2v) is 8.86. The summed E-state index contributed by atoms with van der Waals surface area (Å²) in [5.74, 6) is 1.17. The molecule has 5 heteroatoms. The molecule has 2 aromatic carbocycles. The van der Waals surface area contributed by atoms with Gasteiger partial charge in [0.05, 0.1) is 24.3 Å². The molecular formula is C25H31ClN2O2. The normalized spacial score (nSPS) is 22.3. The van der Waals surface area contributed by atoms with Gasteiger partial charge in [-0.15, -0.1) is 0 Å². The van der Waals surface area contributed by atoms with Crippen molar-refractivity contribution >= 4 is 17.5 Å². The molecule has 1 heterocycles. The smallest absolute Gasteiger partial charge is 0.227 e. The van der Waals surface area contributed by atoms with Crippen LogP contribution < -0.4 is 10.1 Å². The van der Waals surface area contributed by atoms with E-state index in [0.29, 0.717) is 23.2 Å². The largest absolute Gasteiger partial charge is 0.495 e. The molecule has 2 aromatic rings. The van der Waals surface area contributed by atoms with Gasteiger partial charge >= 0.3 is 0 Å². The van der Waals surface area contributed by atoms with Crippen molar-refractivity contribution in [3.63, 3.8) is 0 Å². The first-order chi connectivity index (χ1) is 14.7. The van der Waals surface area contributed by atoms with Gasteiger partial charge in [0.1, 0.15) is 5.75 Å². The fourth-order valence-corrected chi connectivity index (χ4v) is 5.22. The summed E-state index contributed by atoms with van der Waals surface area (Å²) in [5.41, 5.74) is 2.33. The van der Waals surface area contributed by atoms with Crippen LogP contribution >= 0.6 is 11.6 Å². The van der Waals surface area contributed by atoms with Gasteiger partial charge in [-0.3, -0.25) is 10.1 Å². The topological polar surface area (TPSA) is 41.6 Å². The highest BCUT2D eigenvalue weighted by Crippen LogP contribution is 2.38. The molecule has 2 unspecified atom stereocenters. The number of carbonyl (C=O) groups excluding carboxylic acids is 1. The van der Waals surface area contributed by atoms with Crippen molar-refractivity contribution in [1.29, 1.82) is 0 Å². The molecule has 0 bridgehead atoms. The number of rotatable bonds is 6. The molecule has 2 atom stereocenters. The zero-order chi connectivity index (χ0) is 20.9. The molecule has 30 heavy (non-hydrogen) atoms. The van der Waals surface area contributed by atoms with E-state index in [4.69, 9.17) is 16.3 Å². The van der Waals surface area contributed by atoms with Crippen molar-refractivity contribution < 1.29 is 9.53 Å². The Morgan fingerprint density at radius 3 is 2.53 bits per heavy atom. The minimum Gasteiger partial charge on any atom is -0.495 e. The predicted molar refractivity (Wildman–Crippen MR) is 120 cm³/mol. The van der Waals surface area contributed by atoms with E-state index in [2.05, 4.69) is 34.5 Å². The Labute approximate surface area is 184 Å². The summed E-state index contributed by atoms with van der Waals surface area (Å²) in [4.78, 5) is 15.7. The van der Waals surface area contributed by atoms with Crippen LogP contribution in [0.15, 0.2) is 48.5 Å². The van der Waals surface area contributed by atoms with Crippen molar-refractivity contribution in [3.05, 3.63) is 64.7 Å². The van der Waals surface area contributed by atoms with Crippen LogP contribution in [0, 0.1) is 5.92 Å². The van der Waals surface area contributed by atoms with Crippen LogP contribution in [-0.2, 0) is 11.3 Å². The highest BCUT2D eigenvalue weighted by Gasteiger charge is 2.40. The van der Waals surface area contributed by atoms with Gasteiger partial charge in [0.15, 0.2) is 0 Å². The molecule has 1 amide bonds. The number of hydrogen-bond acceptors (Lipinski definition) is 3. The maximum atomic E-state index is 13.6. The molecule has 1 N–H and O–H groups in total. The predicted octanol–water partition coefficient (Wildman–Crippen LogP) is 5.71. The van der Waals surface area contributed by atoms with E-state index in [0.717, 1.165) is 31.2 Å². The van der Waals surface area contributed by atoms with Crippen LogP contribution in [0.4, 0.5) is 0 Å². The summed E-state index contributed by atoms with van der Waals surface area (Å²) >= 11 is 6.29. The highest BCUT2D eigenvalue weighted by molar-refractivity contribution is 6.32. The Morgan fingerprint density at radius 1 is 1.07 bits per heavy atom. The summed E-state index contributed by atoms with van der Waals surface area (Å²) in [7, 11) is 1.62. The van der Waals surface area contributed by atoms with Gasteiger partial charge in [-0.1, -0.05) is 67.3 Å². The Hall–Kier alpha value is -2.04. The van der Waals surface area contributed by atoms with Gasteiger partial charge in [0.25, 0.3) is 0 Å². The number of halogens is 1. The van der Waals surface area contributed by atoms with Gasteiger partial charge in [-0.05, 0) is 48.9 Å². The number of hydrogen-bond donors (Lipinski definition) is 1. The number of ether oxygens (including phenoxy) is 1. The molecule has 0 spiro atoms. The van der Waals surface area contributed by atoms with E-state index in [1.54, 1.807) is 7.11 Å². The quantitative estimate of drug-likeness (QED) is 0.643. The summed E-state index contributed by atoms with van der Waals surface area (Å²) in [6.45, 7) is 0.671. The number of likely N-dealkylation sites (tertiary alicyclic amines) is 1. The van der Waals surface area contributed by atoms with Crippen LogP contribution in [0.2, 0.25) is 5.02 Å². The Morgan fingerprint density at radius 2 is 1.83 bits per heavy atom. The Kier molecular flexibility index (Phi) is 6.96. The lowest BCUT2D eigenvalue weighted by Crippen LogP contribution is -2.48. The average molecular weight is 427 g/mol. The van der Waals surface area contributed by atoms with Gasteiger partial charge in [-0.25, -0.2) is 0 Å². The molecule has 1 saturated heterocycles. The van der Waals surface area contributed by atoms with Crippen LogP contribution in [0.3, 0.4) is 0 Å². The summed E-state index contributed by atoms with van der Waals surface area (Å²) in [5, 5.41) is 4.25. The summed E-state index contributed by atoms with van der Waals surface area (Å²) < 4.78 is 5.25. The SMILES string of the molecule is COc1ccc(CNC2CCC(c3ccccc3)N2C(=O)C2CCCCC2)cc1Cl. The van der Waals surface area contributed by atoms with Crippen molar-refractivity contribution in [2.45, 2.75) is 63.7 Å². The number of benzene rings is 2. The van der Waals surface area contributed by atoms with Crippen molar-refractivity contribution in [2.24, 2.45) is 5.92 Å². The minimum absolute atomic E-state index is 0.0468. The first-order valence-electron chi connectivity index (χ1n) is 11.1. The zero-order valence-electron chi connectivity index (χ0n) is 17.6. The Bertz CT molecular complexity index is 851. The standard InChI is InChI=1S/C25H31ClN2O2/c1-30-23-14-12-18(16-21(23)26)17-27-24-15-13-22(19-8-4-2-5-9-19)28(24)25(29)20-10-6-3-7-11-20/h2,4-5,8-9,12,14,16,20,22,24,27H,3,6-7,10-11,13,15,17H2,1H3. The van der Waals surface area contributed by atoms with E-state index in [-0.39, 0.29) is 18.1 Å². The van der Waals surface area contributed by atoms with E-state index in [1.807, 2.05) is 24.3 Å². The molecule has 2 aliphatic rings. The number of nitrogens with one attached hydrogen (secondary N) is 1. The van der Waals surface area contributed by atoms with Crippen molar-refractivity contribution in [2.75, 3.05) is 7.11 Å². The molecule has 1 saturated carbocycles. The van der Waals surface area contributed by atoms with Gasteiger partial charge in [-0.2, -0.15) is 0 Å². The zero-order valence-corrected chi connectivity index (χ0v) is 18.4. The van der Waals surface area contributed by atoms with Crippen molar-refractivity contribution in [3.8, 4) is 5.75 Å². The van der Waals surface area contributed by atoms with E-state index in [1.165, 1.54) is 24.8 Å². The minimum atomic E-state index is 0.0468. The maximum absolute atomic E-state index is 13.6. The molecule has 160 valence electrons. The highest BCUT2D eigenvalue weighted by atomic mass is 35.5. The fourth-order valence-electron chi connectivity index (χ4n) is 4.94. The molecule has 4 nitrogen and oxygen atoms in total. The first kappa shape index (κ1) is 21.2. The third-order valence-corrected chi connectivity index (χ3v) is 6.83. The van der Waals surface area contributed by atoms with Crippen LogP contribution in [0.25, 0.3) is 0 Å². The van der Waals surface area contributed by atoms with Gasteiger partial charge in [0, 0.05) is 12.5 Å². The molecule has 1 aliphatic carbocycles. The third-order valence-electron chi connectivity index (χ3n) is 6.54. The van der Waals surface area contributed by atoms with Crippen molar-refractivity contribution in [1.82, 2.24) is 10.2 Å². The van der Waals surface area contributed by atoms with E-state index in [9.17, 15) is 4.79 Å². The molecule has 2 fully saturated rings. The van der Waals surface area contributed by atoms with E-state index >= 15 is 0 Å². The third kappa shape index (κ3) is 4.65. The summed E-state index contributed by atoms with van der Waals surface area (Å²) in [6.07, 6.45) is 7.64. The first-order valence-corrected chi connectivity index (χ1v) is 11.5. The Balaban J connectivity index is 1.51. The molecule has 0 aromatic heterocycles. The fraction of sp³-hybridized carbons (Fsp3) is 0.480. The van der Waals surface area contributed by atoms with Crippen LogP contribution in [-0.4, -0.2) is 24.1 Å². The number of amides is 1. The number of nitrogens with zero attached hydrogens (tertiary/aromatic N) is 1. The van der Waals surface area contributed by atoms with Crippen LogP contribution in [0.5, 0.6) is 5.75 Å². The van der Waals surface area contributed by atoms with Gasteiger partial charge < -0.3 is 9.64 Å². The maximum Gasteiger partial charge on any atom is 0.227 e. The molecule has 0 radical (unpaired) electrons. The lowest BCUT2D eigenvalue weighted by Gasteiger charge is -2.35. The lowest BCUT2D eigenvalue weighted by molar-refractivity contribution is -0.140. The number of methoxy groups -OCH3 is 1. The van der Waals surface area contributed by atoms with Crippen LogP contribution in [0.1, 0.15) is 62.1 Å². The van der Waals surface area contributed by atoms with E-state index < -0.39 is 0 Å². The second-order valence-electron chi connectivity index (χ2n) is 8.45. The lowest BCUT2D eigenvalue weighted by atomic mass is 9.88. The second kappa shape index (κ2) is 9.84. The molecule has 4 rings (SSSR count). The number of carbonyl (C=O) groups is 1. The molecule has 1 aliphatic heterocycles. The van der Waals surface area contributed by atoms with Gasteiger partial charge in [0.2, 0.25) is 5.91 Å². The monoisotopic (exact) mass is 426 g/mol.